The Morgan fingerprint density at radius 2 is 2.10 bits per heavy atom. The Morgan fingerprint density at radius 1 is 1.45 bits per heavy atom. The van der Waals surface area contributed by atoms with Crippen LogP contribution in [0.15, 0.2) is 30.6 Å². The molecule has 0 spiro atoms. The number of amides is 1. The molecule has 1 unspecified atom stereocenters. The predicted octanol–water partition coefficient (Wildman–Crippen LogP) is 1.29. The molecule has 20 heavy (non-hydrogen) atoms. The van der Waals surface area contributed by atoms with Crippen LogP contribution in [0.5, 0.6) is 0 Å². The smallest absolute Gasteiger partial charge is 0.269 e. The van der Waals surface area contributed by atoms with Crippen LogP contribution in [-0.4, -0.2) is 25.6 Å². The zero-order valence-electron chi connectivity index (χ0n) is 10.8. The molecule has 0 aliphatic rings. The summed E-state index contributed by atoms with van der Waals surface area (Å²) in [5.74, 6) is -0.0905. The van der Waals surface area contributed by atoms with Gasteiger partial charge in [0.05, 0.1) is 4.92 Å². The maximum Gasteiger partial charge on any atom is 0.269 e. The van der Waals surface area contributed by atoms with Gasteiger partial charge in [-0.15, -0.1) is 0 Å². The van der Waals surface area contributed by atoms with Crippen molar-refractivity contribution in [2.75, 3.05) is 0 Å². The van der Waals surface area contributed by atoms with E-state index < -0.39 is 16.9 Å². The van der Waals surface area contributed by atoms with Crippen LogP contribution in [0.4, 0.5) is 5.69 Å². The van der Waals surface area contributed by atoms with E-state index in [4.69, 9.17) is 5.73 Å². The Kier molecular flexibility index (Phi) is 3.74. The van der Waals surface area contributed by atoms with Gasteiger partial charge in [-0.1, -0.05) is 6.92 Å². The molecule has 1 amide bonds. The molecule has 0 saturated heterocycles. The second kappa shape index (κ2) is 5.47. The Balaban J connectivity index is 2.28. The van der Waals surface area contributed by atoms with Crippen molar-refractivity contribution < 1.29 is 9.72 Å². The molecular weight excluding hydrogens is 262 g/mol. The van der Waals surface area contributed by atoms with Crippen LogP contribution in [0.1, 0.15) is 19.4 Å². The van der Waals surface area contributed by atoms with E-state index in [0.29, 0.717) is 17.8 Å². The molecule has 0 fully saturated rings. The summed E-state index contributed by atoms with van der Waals surface area (Å²) in [5, 5.41) is 14.8. The number of hydrogen-bond acceptors (Lipinski definition) is 5. The fourth-order valence-electron chi connectivity index (χ4n) is 1.81. The van der Waals surface area contributed by atoms with E-state index in [1.165, 1.54) is 23.1 Å². The van der Waals surface area contributed by atoms with Gasteiger partial charge in [-0.2, -0.15) is 5.10 Å². The van der Waals surface area contributed by atoms with E-state index in [0.717, 1.165) is 0 Å². The van der Waals surface area contributed by atoms with Gasteiger partial charge < -0.3 is 5.73 Å². The lowest BCUT2D eigenvalue weighted by molar-refractivity contribution is -0.384. The Morgan fingerprint density at radius 3 is 2.60 bits per heavy atom. The third kappa shape index (κ3) is 2.63. The van der Waals surface area contributed by atoms with Crippen LogP contribution in [-0.2, 0) is 4.79 Å². The first-order valence-corrected chi connectivity index (χ1v) is 5.98. The van der Waals surface area contributed by atoms with Crippen molar-refractivity contribution in [3.05, 3.63) is 40.7 Å². The molecule has 2 N–H and O–H groups in total. The highest BCUT2D eigenvalue weighted by atomic mass is 16.6. The minimum atomic E-state index is -0.547. The second-order valence-electron chi connectivity index (χ2n) is 4.18. The van der Waals surface area contributed by atoms with Crippen LogP contribution in [0.2, 0.25) is 0 Å². The summed E-state index contributed by atoms with van der Waals surface area (Å²) < 4.78 is 1.40. The van der Waals surface area contributed by atoms with Crippen LogP contribution in [0.3, 0.4) is 0 Å². The number of non-ortho nitro benzene ring substituents is 1. The number of nitro benzene ring substituents is 1. The summed E-state index contributed by atoms with van der Waals surface area (Å²) in [5.41, 5.74) is 5.91. The van der Waals surface area contributed by atoms with Crippen molar-refractivity contribution in [2.24, 2.45) is 5.73 Å². The SMILES string of the molecule is CCC(C(N)=O)n1cnc(-c2ccc([N+](=O)[O-])cc2)n1. The maximum atomic E-state index is 11.3. The lowest BCUT2D eigenvalue weighted by atomic mass is 10.2. The van der Waals surface area contributed by atoms with E-state index in [9.17, 15) is 14.9 Å². The molecule has 2 aromatic rings. The number of rotatable bonds is 5. The summed E-state index contributed by atoms with van der Waals surface area (Å²) in [7, 11) is 0. The van der Waals surface area contributed by atoms with Gasteiger partial charge in [0, 0.05) is 17.7 Å². The maximum absolute atomic E-state index is 11.3. The van der Waals surface area contributed by atoms with E-state index in [2.05, 4.69) is 10.1 Å². The molecule has 8 heteroatoms. The van der Waals surface area contributed by atoms with Crippen molar-refractivity contribution >= 4 is 11.6 Å². The molecule has 1 aromatic heterocycles. The minimum Gasteiger partial charge on any atom is -0.368 e. The summed E-state index contributed by atoms with van der Waals surface area (Å²) in [6.45, 7) is 1.82. The molecule has 104 valence electrons. The van der Waals surface area contributed by atoms with Gasteiger partial charge in [-0.25, -0.2) is 9.67 Å². The van der Waals surface area contributed by atoms with Crippen LogP contribution >= 0.6 is 0 Å². The molecule has 1 heterocycles. The summed E-state index contributed by atoms with van der Waals surface area (Å²) in [6.07, 6.45) is 1.94. The highest BCUT2D eigenvalue weighted by Crippen LogP contribution is 2.20. The average molecular weight is 275 g/mol. The molecule has 0 radical (unpaired) electrons. The van der Waals surface area contributed by atoms with Crippen molar-refractivity contribution in [3.63, 3.8) is 0 Å². The van der Waals surface area contributed by atoms with Crippen LogP contribution < -0.4 is 5.73 Å². The molecule has 8 nitrogen and oxygen atoms in total. The highest BCUT2D eigenvalue weighted by molar-refractivity contribution is 5.78. The third-order valence-corrected chi connectivity index (χ3v) is 2.88. The minimum absolute atomic E-state index is 0.00301. The van der Waals surface area contributed by atoms with Gasteiger partial charge in [0.2, 0.25) is 5.91 Å². The van der Waals surface area contributed by atoms with Crippen molar-refractivity contribution in [1.82, 2.24) is 14.8 Å². The number of carbonyl (C=O) groups is 1. The number of benzene rings is 1. The van der Waals surface area contributed by atoms with Gasteiger partial charge in [0.1, 0.15) is 12.4 Å². The number of hydrogen-bond donors (Lipinski definition) is 1. The number of aromatic nitrogens is 3. The van der Waals surface area contributed by atoms with Gasteiger partial charge in [-0.05, 0) is 18.6 Å². The number of nitrogens with zero attached hydrogens (tertiary/aromatic N) is 4. The Labute approximate surface area is 114 Å². The molecule has 0 aliphatic carbocycles. The summed E-state index contributed by atoms with van der Waals surface area (Å²) in [6, 6.07) is 5.32. The van der Waals surface area contributed by atoms with Crippen molar-refractivity contribution in [2.45, 2.75) is 19.4 Å². The lowest BCUT2D eigenvalue weighted by Crippen LogP contribution is -2.26. The molecule has 2 rings (SSSR count). The van der Waals surface area contributed by atoms with Crippen molar-refractivity contribution in [3.8, 4) is 11.4 Å². The van der Waals surface area contributed by atoms with E-state index in [1.54, 1.807) is 12.1 Å². The van der Waals surface area contributed by atoms with E-state index in [-0.39, 0.29) is 5.69 Å². The lowest BCUT2D eigenvalue weighted by Gasteiger charge is -2.09. The molecule has 0 aliphatic heterocycles. The van der Waals surface area contributed by atoms with Gasteiger partial charge in [0.15, 0.2) is 5.82 Å². The first-order valence-electron chi connectivity index (χ1n) is 5.98. The average Bonchev–Trinajstić information content (AvgIpc) is 2.88. The van der Waals surface area contributed by atoms with Gasteiger partial charge in [0.25, 0.3) is 5.69 Å². The standard InChI is InChI=1S/C12H13N5O3/c1-2-10(11(13)18)16-7-14-12(15-16)8-3-5-9(6-4-8)17(19)20/h3-7,10H,2H2,1H3,(H2,13,18). The first kappa shape index (κ1) is 13.7. The molecular formula is C12H13N5O3. The van der Waals surface area contributed by atoms with Crippen LogP contribution in [0.25, 0.3) is 11.4 Å². The largest absolute Gasteiger partial charge is 0.368 e. The fourth-order valence-corrected chi connectivity index (χ4v) is 1.81. The van der Waals surface area contributed by atoms with Gasteiger partial charge in [-0.3, -0.25) is 14.9 Å². The first-order chi connectivity index (χ1) is 9.52. The van der Waals surface area contributed by atoms with Crippen LogP contribution in [0, 0.1) is 10.1 Å². The number of carbonyl (C=O) groups excluding carboxylic acids is 1. The number of nitrogens with two attached hydrogens (primary N) is 1. The highest BCUT2D eigenvalue weighted by Gasteiger charge is 2.17. The van der Waals surface area contributed by atoms with Gasteiger partial charge >= 0.3 is 0 Å². The summed E-state index contributed by atoms with van der Waals surface area (Å²) >= 11 is 0. The normalized spacial score (nSPS) is 12.1. The summed E-state index contributed by atoms with van der Waals surface area (Å²) in [4.78, 5) is 25.4. The fraction of sp³-hybridized carbons (Fsp3) is 0.250. The zero-order chi connectivity index (χ0) is 14.7. The topological polar surface area (TPSA) is 117 Å². The number of nitro groups is 1. The molecule has 0 bridgehead atoms. The van der Waals surface area contributed by atoms with E-state index >= 15 is 0 Å². The second-order valence-corrected chi connectivity index (χ2v) is 4.18. The number of primary amides is 1. The monoisotopic (exact) mass is 275 g/mol. The zero-order valence-corrected chi connectivity index (χ0v) is 10.8. The quantitative estimate of drug-likeness (QED) is 0.651. The molecule has 0 saturated carbocycles. The predicted molar refractivity (Wildman–Crippen MR) is 70.6 cm³/mol. The Hall–Kier alpha value is -2.77. The third-order valence-electron chi connectivity index (χ3n) is 2.88. The van der Waals surface area contributed by atoms with E-state index in [1.807, 2.05) is 6.92 Å². The Bertz CT molecular complexity index is 635. The van der Waals surface area contributed by atoms with Crippen molar-refractivity contribution in [1.29, 1.82) is 0 Å². The molecule has 1 atom stereocenters. The molecule has 1 aromatic carbocycles.